The van der Waals surface area contributed by atoms with Crippen LogP contribution in [0.5, 0.6) is 0 Å². The van der Waals surface area contributed by atoms with Crippen LogP contribution >= 0.6 is 0 Å². The van der Waals surface area contributed by atoms with Crippen molar-refractivity contribution in [1.82, 2.24) is 5.01 Å². The zero-order valence-corrected chi connectivity index (χ0v) is 16.7. The Morgan fingerprint density at radius 1 is 1.14 bits per heavy atom. The van der Waals surface area contributed by atoms with Crippen molar-refractivity contribution < 1.29 is 27.5 Å². The Labute approximate surface area is 168 Å². The summed E-state index contributed by atoms with van der Waals surface area (Å²) in [6, 6.07) is 5.00. The quantitative estimate of drug-likeness (QED) is 0.522. The summed E-state index contributed by atoms with van der Waals surface area (Å²) in [5.74, 6) is -1.50. The first kappa shape index (κ1) is 19.8. The second kappa shape index (κ2) is 7.70. The van der Waals surface area contributed by atoms with Gasteiger partial charge in [0.2, 0.25) is 5.91 Å². The molecular formula is C20H22N2O6S. The van der Waals surface area contributed by atoms with Crippen LogP contribution in [-0.2, 0) is 37.0 Å². The van der Waals surface area contributed by atoms with E-state index in [2.05, 4.69) is 5.10 Å². The number of ketones is 1. The highest BCUT2D eigenvalue weighted by Crippen LogP contribution is 2.24. The second-order valence-electron chi connectivity index (χ2n) is 7.68. The molecular weight excluding hydrogens is 396 g/mol. The van der Waals surface area contributed by atoms with Gasteiger partial charge >= 0.3 is 5.97 Å². The van der Waals surface area contributed by atoms with Crippen molar-refractivity contribution in [3.05, 3.63) is 34.9 Å². The number of nitrogens with zero attached hydrogens (tertiary/aromatic N) is 2. The van der Waals surface area contributed by atoms with Gasteiger partial charge < -0.3 is 4.74 Å². The molecule has 2 aliphatic heterocycles. The van der Waals surface area contributed by atoms with Crippen LogP contribution in [0.1, 0.15) is 47.2 Å². The predicted molar refractivity (Wildman–Crippen MR) is 104 cm³/mol. The molecule has 2 heterocycles. The molecule has 1 amide bonds. The molecule has 4 rings (SSSR count). The highest BCUT2D eigenvalue weighted by Gasteiger charge is 2.37. The van der Waals surface area contributed by atoms with Gasteiger partial charge in [-0.05, 0) is 42.9 Å². The molecule has 9 heteroatoms. The second-order valence-corrected chi connectivity index (χ2v) is 9.91. The average Bonchev–Trinajstić information content (AvgIpc) is 3.31. The number of Topliss-reactive ketones (excluding diaryl/α,β-unsaturated/α-hetero) is 1. The molecule has 3 aliphatic rings. The van der Waals surface area contributed by atoms with Crippen LogP contribution in [0.2, 0.25) is 0 Å². The first-order valence-corrected chi connectivity index (χ1v) is 11.6. The van der Waals surface area contributed by atoms with Crippen molar-refractivity contribution in [2.45, 2.75) is 44.6 Å². The monoisotopic (exact) mass is 418 g/mol. The standard InChI is InChI=1S/C20H22N2O6S/c23-18(15-5-4-13-2-1-3-14(13)10-15)11-28-20(25)17-6-7-19(24)22(21-17)16-8-9-29(26,27)12-16/h4-5,10,16H,1-3,6-9,11-12H2/t16-/m0/s1. The maximum absolute atomic E-state index is 12.4. The highest BCUT2D eigenvalue weighted by atomic mass is 32.2. The molecule has 0 aromatic heterocycles. The van der Waals surface area contributed by atoms with Crippen molar-refractivity contribution in [3.63, 3.8) is 0 Å². The zero-order valence-electron chi connectivity index (χ0n) is 15.9. The van der Waals surface area contributed by atoms with Crippen molar-refractivity contribution in [2.75, 3.05) is 18.1 Å². The van der Waals surface area contributed by atoms with E-state index in [-0.39, 0.29) is 41.7 Å². The fourth-order valence-electron chi connectivity index (χ4n) is 4.02. The molecule has 1 aromatic carbocycles. The summed E-state index contributed by atoms with van der Waals surface area (Å²) < 4.78 is 28.5. The lowest BCUT2D eigenvalue weighted by Crippen LogP contribution is -2.42. The third kappa shape index (κ3) is 4.24. The molecule has 0 spiro atoms. The van der Waals surface area contributed by atoms with Gasteiger partial charge in [-0.15, -0.1) is 0 Å². The minimum Gasteiger partial charge on any atom is -0.453 e. The lowest BCUT2D eigenvalue weighted by Gasteiger charge is -2.27. The molecule has 1 fully saturated rings. The van der Waals surface area contributed by atoms with E-state index in [1.54, 1.807) is 6.07 Å². The van der Waals surface area contributed by atoms with E-state index in [1.165, 1.54) is 11.1 Å². The first-order chi connectivity index (χ1) is 13.8. The van der Waals surface area contributed by atoms with E-state index in [1.807, 2.05) is 12.1 Å². The molecule has 0 unspecified atom stereocenters. The molecule has 0 saturated carbocycles. The number of ether oxygens (including phenoxy) is 1. The summed E-state index contributed by atoms with van der Waals surface area (Å²) in [5.41, 5.74) is 2.97. The highest BCUT2D eigenvalue weighted by molar-refractivity contribution is 7.91. The van der Waals surface area contributed by atoms with Gasteiger partial charge in [0, 0.05) is 18.4 Å². The van der Waals surface area contributed by atoms with Crippen LogP contribution in [0.4, 0.5) is 0 Å². The molecule has 1 saturated heterocycles. The molecule has 1 aromatic rings. The third-order valence-electron chi connectivity index (χ3n) is 5.60. The zero-order chi connectivity index (χ0) is 20.6. The average molecular weight is 418 g/mol. The molecule has 1 atom stereocenters. The number of fused-ring (bicyclic) bond motifs is 1. The number of carbonyl (C=O) groups is 3. The van der Waals surface area contributed by atoms with Crippen molar-refractivity contribution in [3.8, 4) is 0 Å². The lowest BCUT2D eigenvalue weighted by molar-refractivity contribution is -0.136. The summed E-state index contributed by atoms with van der Waals surface area (Å²) >= 11 is 0. The molecule has 0 radical (unpaired) electrons. The Balaban J connectivity index is 1.39. The Morgan fingerprint density at radius 3 is 2.69 bits per heavy atom. The fourth-order valence-corrected chi connectivity index (χ4v) is 5.71. The molecule has 154 valence electrons. The first-order valence-electron chi connectivity index (χ1n) is 9.74. The Kier molecular flexibility index (Phi) is 5.24. The Hall–Kier alpha value is -2.55. The number of aryl methyl sites for hydroxylation is 2. The number of carbonyl (C=O) groups excluding carboxylic acids is 3. The van der Waals surface area contributed by atoms with Gasteiger partial charge in [-0.3, -0.25) is 9.59 Å². The number of hydrogen-bond donors (Lipinski definition) is 0. The van der Waals surface area contributed by atoms with Gasteiger partial charge in [-0.2, -0.15) is 5.10 Å². The SMILES string of the molecule is O=C(OCC(=O)c1ccc2c(c1)CCC2)C1=NN([C@H]2CCS(=O)(=O)C2)C(=O)CC1. The van der Waals surface area contributed by atoms with Crippen LogP contribution in [0, 0.1) is 0 Å². The summed E-state index contributed by atoms with van der Waals surface area (Å²) in [6.07, 6.45) is 3.53. The van der Waals surface area contributed by atoms with Crippen LogP contribution in [0.3, 0.4) is 0 Å². The number of benzene rings is 1. The van der Waals surface area contributed by atoms with E-state index in [4.69, 9.17) is 4.74 Å². The van der Waals surface area contributed by atoms with Gasteiger partial charge in [-0.1, -0.05) is 12.1 Å². The number of esters is 1. The largest absolute Gasteiger partial charge is 0.453 e. The topological polar surface area (TPSA) is 110 Å². The van der Waals surface area contributed by atoms with Crippen LogP contribution in [-0.4, -0.2) is 61.0 Å². The van der Waals surface area contributed by atoms with Crippen LogP contribution in [0.25, 0.3) is 0 Å². The summed E-state index contributed by atoms with van der Waals surface area (Å²) in [4.78, 5) is 36.9. The van der Waals surface area contributed by atoms with E-state index in [0.717, 1.165) is 24.3 Å². The lowest BCUT2D eigenvalue weighted by atomic mass is 10.0. The van der Waals surface area contributed by atoms with Crippen molar-refractivity contribution >= 4 is 33.2 Å². The van der Waals surface area contributed by atoms with Crippen molar-refractivity contribution in [2.24, 2.45) is 5.10 Å². The maximum atomic E-state index is 12.4. The van der Waals surface area contributed by atoms with E-state index in [0.29, 0.717) is 12.0 Å². The normalized spacial score (nSPS) is 22.9. The molecule has 0 N–H and O–H groups in total. The van der Waals surface area contributed by atoms with Gasteiger partial charge in [0.1, 0.15) is 5.71 Å². The summed E-state index contributed by atoms with van der Waals surface area (Å²) in [6.45, 7) is -0.400. The van der Waals surface area contributed by atoms with E-state index in [9.17, 15) is 22.8 Å². The van der Waals surface area contributed by atoms with Gasteiger partial charge in [0.25, 0.3) is 0 Å². The van der Waals surface area contributed by atoms with Gasteiger partial charge in [0.15, 0.2) is 22.2 Å². The van der Waals surface area contributed by atoms with Crippen molar-refractivity contribution in [1.29, 1.82) is 0 Å². The third-order valence-corrected chi connectivity index (χ3v) is 7.35. The smallest absolute Gasteiger partial charge is 0.354 e. The van der Waals surface area contributed by atoms with E-state index >= 15 is 0 Å². The van der Waals surface area contributed by atoms with Crippen LogP contribution in [0.15, 0.2) is 23.3 Å². The number of hydrazone groups is 1. The molecule has 1 aliphatic carbocycles. The minimum atomic E-state index is -3.19. The number of rotatable bonds is 5. The predicted octanol–water partition coefficient (Wildman–Crippen LogP) is 1.07. The fraction of sp³-hybridized carbons (Fsp3) is 0.500. The Morgan fingerprint density at radius 2 is 1.93 bits per heavy atom. The molecule has 8 nitrogen and oxygen atoms in total. The summed E-state index contributed by atoms with van der Waals surface area (Å²) in [7, 11) is -3.19. The number of amides is 1. The van der Waals surface area contributed by atoms with Gasteiger partial charge in [-0.25, -0.2) is 18.2 Å². The van der Waals surface area contributed by atoms with Gasteiger partial charge in [0.05, 0.1) is 17.5 Å². The number of hydrogen-bond acceptors (Lipinski definition) is 7. The summed E-state index contributed by atoms with van der Waals surface area (Å²) in [5, 5.41) is 5.16. The maximum Gasteiger partial charge on any atom is 0.354 e. The van der Waals surface area contributed by atoms with E-state index < -0.39 is 28.5 Å². The Bertz CT molecular complexity index is 1010. The molecule has 0 bridgehead atoms. The minimum absolute atomic E-state index is 0.00598. The number of sulfone groups is 1. The molecule has 29 heavy (non-hydrogen) atoms. The van der Waals surface area contributed by atoms with Crippen LogP contribution < -0.4 is 0 Å².